The zero-order chi connectivity index (χ0) is 20.0. The summed E-state index contributed by atoms with van der Waals surface area (Å²) < 4.78 is 0. The third-order valence-electron chi connectivity index (χ3n) is 5.72. The number of piperidine rings is 1. The van der Waals surface area contributed by atoms with E-state index in [1.54, 1.807) is 36.5 Å². The summed E-state index contributed by atoms with van der Waals surface area (Å²) in [5.74, 6) is -0.584. The molecule has 1 amide bonds. The topological polar surface area (TPSA) is 123 Å². The van der Waals surface area contributed by atoms with Crippen molar-refractivity contribution in [2.24, 2.45) is 0 Å². The highest BCUT2D eigenvalue weighted by molar-refractivity contribution is 6.25. The number of hydrogen-bond acceptors (Lipinski definition) is 5. The van der Waals surface area contributed by atoms with Gasteiger partial charge in [-0.2, -0.15) is 0 Å². The van der Waals surface area contributed by atoms with E-state index in [-0.39, 0.29) is 23.9 Å². The molecular formula is C21H23N2O5+. The minimum absolute atomic E-state index is 0.0962. The number of amides is 1. The Balaban J connectivity index is 1.54. The minimum atomic E-state index is -1.26. The quantitative estimate of drug-likeness (QED) is 0.399. The van der Waals surface area contributed by atoms with E-state index in [0.717, 1.165) is 11.1 Å². The van der Waals surface area contributed by atoms with Gasteiger partial charge < -0.3 is 26.0 Å². The minimum Gasteiger partial charge on any atom is -0.387 e. The third kappa shape index (κ3) is 2.93. The number of ketones is 1. The van der Waals surface area contributed by atoms with Gasteiger partial charge in [-0.05, 0) is 24.1 Å². The lowest BCUT2D eigenvalue weighted by molar-refractivity contribution is -0.743. The van der Waals surface area contributed by atoms with Crippen LogP contribution in [0.5, 0.6) is 0 Å². The van der Waals surface area contributed by atoms with E-state index in [1.165, 1.54) is 0 Å². The molecule has 0 aromatic heterocycles. The van der Waals surface area contributed by atoms with Gasteiger partial charge in [-0.3, -0.25) is 9.59 Å². The first kappa shape index (κ1) is 18.8. The predicted octanol–water partition coefficient (Wildman–Crippen LogP) is -0.955. The molecule has 7 heteroatoms. The molecule has 7 nitrogen and oxygen atoms in total. The number of carbonyl (C=O) groups is 2. The van der Waals surface area contributed by atoms with Crippen molar-refractivity contribution < 1.29 is 30.2 Å². The molecule has 1 fully saturated rings. The van der Waals surface area contributed by atoms with Crippen molar-refractivity contribution >= 4 is 11.7 Å². The lowest BCUT2D eigenvalue weighted by Gasteiger charge is -2.37. The van der Waals surface area contributed by atoms with Crippen LogP contribution < -0.4 is 10.6 Å². The van der Waals surface area contributed by atoms with Crippen molar-refractivity contribution in [3.8, 4) is 11.1 Å². The van der Waals surface area contributed by atoms with Crippen LogP contribution in [0.2, 0.25) is 0 Å². The van der Waals surface area contributed by atoms with Crippen LogP contribution in [0.4, 0.5) is 0 Å². The van der Waals surface area contributed by atoms with Crippen LogP contribution >= 0.6 is 0 Å². The number of aliphatic hydroxyl groups is 3. The van der Waals surface area contributed by atoms with E-state index in [1.807, 2.05) is 18.2 Å². The molecule has 0 spiro atoms. The second-order valence-electron chi connectivity index (χ2n) is 7.50. The van der Waals surface area contributed by atoms with Crippen LogP contribution in [-0.2, 0) is 0 Å². The van der Waals surface area contributed by atoms with Gasteiger partial charge in [-0.1, -0.05) is 36.4 Å². The molecule has 4 rings (SSSR count). The average Bonchev–Trinajstić information content (AvgIpc) is 3.01. The van der Waals surface area contributed by atoms with Gasteiger partial charge >= 0.3 is 0 Å². The van der Waals surface area contributed by atoms with Gasteiger partial charge in [-0.25, -0.2) is 0 Å². The highest BCUT2D eigenvalue weighted by atomic mass is 16.4. The third-order valence-corrected chi connectivity index (χ3v) is 5.72. The van der Waals surface area contributed by atoms with Crippen LogP contribution in [0, 0.1) is 0 Å². The Hall–Kier alpha value is -2.58. The largest absolute Gasteiger partial charge is 0.387 e. The Labute approximate surface area is 162 Å². The Bertz CT molecular complexity index is 944. The fraction of sp³-hybridized carbons (Fsp3) is 0.333. The van der Waals surface area contributed by atoms with Crippen LogP contribution in [-0.4, -0.2) is 64.0 Å². The number of aliphatic hydroxyl groups excluding tert-OH is 3. The van der Waals surface area contributed by atoms with E-state index in [0.29, 0.717) is 11.1 Å². The van der Waals surface area contributed by atoms with E-state index in [4.69, 9.17) is 0 Å². The summed E-state index contributed by atoms with van der Waals surface area (Å²) in [6, 6.07) is 11.6. The van der Waals surface area contributed by atoms with Crippen molar-refractivity contribution in [2.75, 3.05) is 6.54 Å². The Morgan fingerprint density at radius 2 is 1.64 bits per heavy atom. The number of hydrogen-bond donors (Lipinski definition) is 5. The van der Waals surface area contributed by atoms with Crippen LogP contribution in [0.25, 0.3) is 11.1 Å². The molecular weight excluding hydrogens is 360 g/mol. The zero-order valence-corrected chi connectivity index (χ0v) is 15.4. The van der Waals surface area contributed by atoms with E-state index in [2.05, 4.69) is 5.32 Å². The summed E-state index contributed by atoms with van der Waals surface area (Å²) in [5, 5.41) is 34.5. The van der Waals surface area contributed by atoms with E-state index < -0.39 is 30.3 Å². The smallest absolute Gasteiger partial charge is 0.252 e. The first-order valence-electron chi connectivity index (χ1n) is 9.34. The van der Waals surface area contributed by atoms with E-state index in [9.17, 15) is 24.9 Å². The van der Waals surface area contributed by atoms with Crippen molar-refractivity contribution in [1.82, 2.24) is 5.32 Å². The number of fused-ring (bicyclic) bond motifs is 3. The van der Waals surface area contributed by atoms with Crippen molar-refractivity contribution in [3.05, 3.63) is 59.2 Å². The molecule has 1 heterocycles. The first-order chi connectivity index (χ1) is 13.4. The fourth-order valence-corrected chi connectivity index (χ4v) is 4.14. The van der Waals surface area contributed by atoms with Gasteiger partial charge in [0.05, 0.1) is 12.1 Å². The Kier molecular flexibility index (Phi) is 4.76. The summed E-state index contributed by atoms with van der Waals surface area (Å²) in [6.45, 7) is 1.84. The molecule has 6 N–H and O–H groups in total. The molecule has 2 aromatic rings. The molecule has 2 aliphatic rings. The summed E-state index contributed by atoms with van der Waals surface area (Å²) in [4.78, 5) is 25.6. The number of nitrogens with two attached hydrogens (primary N) is 1. The number of quaternary nitrogens is 1. The highest BCUT2D eigenvalue weighted by Gasteiger charge is 2.44. The molecule has 28 heavy (non-hydrogen) atoms. The fourth-order valence-electron chi connectivity index (χ4n) is 4.14. The normalized spacial score (nSPS) is 28.6. The Morgan fingerprint density at radius 3 is 2.39 bits per heavy atom. The van der Waals surface area contributed by atoms with Gasteiger partial charge in [-0.15, -0.1) is 0 Å². The average molecular weight is 383 g/mol. The molecule has 0 unspecified atom stereocenters. The standard InChI is InChI=1S/C21H22N2O5/c1-10-17(24)20(27)19(26)15(23-10)9-22-21(28)14-8-4-7-12-11-5-2-3-6-13(11)18(25)16(12)14/h2-8,10,15,17,19-20,23-24,26-27H,9H2,1H3,(H,22,28)/p+1/t10-,15+,17+,19+,20+/m0/s1. The SMILES string of the molecule is C[C@@H]1[NH2+][C@H](CNC(=O)c2cccc3c2C(=O)c2ccccc2-3)[C@@H](O)[C@H](O)[C@@H]1O. The maximum absolute atomic E-state index is 12.8. The van der Waals surface area contributed by atoms with Crippen molar-refractivity contribution in [3.63, 3.8) is 0 Å². The number of carbonyl (C=O) groups excluding carboxylic acids is 2. The second kappa shape index (κ2) is 7.10. The van der Waals surface area contributed by atoms with Gasteiger partial charge in [0.25, 0.3) is 5.91 Å². The molecule has 1 saturated heterocycles. The first-order valence-corrected chi connectivity index (χ1v) is 9.34. The van der Waals surface area contributed by atoms with Crippen LogP contribution in [0.3, 0.4) is 0 Å². The molecule has 2 aromatic carbocycles. The molecule has 5 atom stereocenters. The number of rotatable bonds is 3. The summed E-state index contributed by atoms with van der Waals surface area (Å²) in [5.41, 5.74) is 2.82. The molecule has 1 aliphatic carbocycles. The number of benzene rings is 2. The van der Waals surface area contributed by atoms with Gasteiger partial charge in [0.2, 0.25) is 0 Å². The van der Waals surface area contributed by atoms with Gasteiger partial charge in [0.1, 0.15) is 30.4 Å². The van der Waals surface area contributed by atoms with Crippen molar-refractivity contribution in [2.45, 2.75) is 37.3 Å². The summed E-state index contributed by atoms with van der Waals surface area (Å²) in [7, 11) is 0. The summed E-state index contributed by atoms with van der Waals surface area (Å²) in [6.07, 6.45) is -3.46. The zero-order valence-electron chi connectivity index (χ0n) is 15.4. The second-order valence-corrected chi connectivity index (χ2v) is 7.50. The monoisotopic (exact) mass is 383 g/mol. The lowest BCUT2D eigenvalue weighted by atomic mass is 9.91. The van der Waals surface area contributed by atoms with Crippen molar-refractivity contribution in [1.29, 1.82) is 0 Å². The highest BCUT2D eigenvalue weighted by Crippen LogP contribution is 2.37. The molecule has 146 valence electrons. The Morgan fingerprint density at radius 1 is 0.964 bits per heavy atom. The number of nitrogens with one attached hydrogen (secondary N) is 1. The van der Waals surface area contributed by atoms with Gasteiger partial charge in [0.15, 0.2) is 5.78 Å². The maximum Gasteiger partial charge on any atom is 0.252 e. The summed E-state index contributed by atoms with van der Waals surface area (Å²) >= 11 is 0. The van der Waals surface area contributed by atoms with Crippen LogP contribution in [0.1, 0.15) is 33.2 Å². The lowest BCUT2D eigenvalue weighted by Crippen LogP contribution is -3.03. The molecule has 0 radical (unpaired) electrons. The predicted molar refractivity (Wildman–Crippen MR) is 101 cm³/mol. The maximum atomic E-state index is 12.8. The van der Waals surface area contributed by atoms with Crippen LogP contribution in [0.15, 0.2) is 42.5 Å². The van der Waals surface area contributed by atoms with E-state index >= 15 is 0 Å². The molecule has 0 saturated carbocycles. The van der Waals surface area contributed by atoms with Gasteiger partial charge in [0, 0.05) is 11.1 Å². The molecule has 0 bridgehead atoms. The molecule has 1 aliphatic heterocycles.